The van der Waals surface area contributed by atoms with Crippen molar-refractivity contribution in [1.29, 1.82) is 0 Å². The molecule has 13 atom stereocenters. The molecule has 45 nitrogen and oxygen atoms in total. The zero-order valence-corrected chi connectivity index (χ0v) is 76.2. The number of carbonyl (C=O) groups is 19. The van der Waals surface area contributed by atoms with Crippen molar-refractivity contribution in [2.75, 3.05) is 67.7 Å². The number of primary amides is 1. The van der Waals surface area contributed by atoms with Gasteiger partial charge < -0.3 is 94.6 Å². The van der Waals surface area contributed by atoms with Crippen LogP contribution in [0.1, 0.15) is 138 Å². The van der Waals surface area contributed by atoms with Crippen molar-refractivity contribution in [3.05, 3.63) is 104 Å². The Balaban J connectivity index is 0.00000782. The average Bonchev–Trinajstić information content (AvgIpc) is 0.936. The maximum atomic E-state index is 15.3. The summed E-state index contributed by atoms with van der Waals surface area (Å²) in [6.07, 6.45) is -4.23. The fourth-order valence-corrected chi connectivity index (χ4v) is 17.6. The van der Waals surface area contributed by atoms with E-state index in [0.29, 0.717) is 44.7 Å². The third-order valence-electron chi connectivity index (χ3n) is 22.0. The number of para-hydroxylation sites is 2. The second-order valence-corrected chi connectivity index (χ2v) is 35.9. The number of likely N-dealkylation sites (N-methyl/N-ethyl adjacent to an activating group) is 1. The first-order chi connectivity index (χ1) is 62.5. The molecule has 18 N–H and O–H groups in total. The van der Waals surface area contributed by atoms with Gasteiger partial charge in [0.05, 0.1) is 37.6 Å². The summed E-state index contributed by atoms with van der Waals surface area (Å²) in [5.41, 5.74) is 7.82. The van der Waals surface area contributed by atoms with E-state index in [1.54, 1.807) is 68.6 Å². The minimum atomic E-state index is -2.00. The number of carboxylic acid groups (broad SMARTS) is 1. The number of carbonyl (C=O) groups excluding carboxylic acids is 20. The number of fused-ring (bicyclic) bond motifs is 10. The second kappa shape index (κ2) is 50.6. The van der Waals surface area contributed by atoms with Crippen LogP contribution in [0.3, 0.4) is 0 Å². The van der Waals surface area contributed by atoms with E-state index >= 15 is 9.59 Å². The van der Waals surface area contributed by atoms with Crippen LogP contribution in [0, 0.1) is 23.7 Å². The summed E-state index contributed by atoms with van der Waals surface area (Å²) >= 11 is 2.23. The molecule has 3 aliphatic rings. The largest absolute Gasteiger partial charge is 0.481 e. The lowest BCUT2D eigenvalue weighted by atomic mass is 9.92. The summed E-state index contributed by atoms with van der Waals surface area (Å²) in [4.78, 5) is 339. The molecule has 1 fully saturated rings. The number of Topliss-reactive ketones (excluding diaryl/α,β-unsaturated/α-hetero) is 2. The van der Waals surface area contributed by atoms with Crippen LogP contribution in [0.4, 0.5) is 0 Å². The van der Waals surface area contributed by atoms with Gasteiger partial charge in [0.15, 0.2) is 11.6 Å². The van der Waals surface area contributed by atoms with Crippen molar-refractivity contribution in [1.82, 2.24) is 86.6 Å². The Morgan fingerprint density at radius 1 is 0.576 bits per heavy atom. The molecule has 0 unspecified atom stereocenters. The van der Waals surface area contributed by atoms with Crippen LogP contribution in [0.25, 0.3) is 21.8 Å². The maximum Gasteiger partial charge on any atom is 0.373 e. The van der Waals surface area contributed by atoms with Gasteiger partial charge >= 0.3 is 29.2 Å². The summed E-state index contributed by atoms with van der Waals surface area (Å²) in [5, 5.41) is 47.8. The number of aliphatic carboxylic acids is 1. The fourth-order valence-electron chi connectivity index (χ4n) is 14.7. The van der Waals surface area contributed by atoms with Crippen molar-refractivity contribution in [3.8, 4) is 0 Å². The number of H-pyrrole nitrogens is 2. The Morgan fingerprint density at radius 2 is 1.07 bits per heavy atom. The minimum Gasteiger partial charge on any atom is -0.481 e. The number of ketones is 2. The SMILES string of the molecule is CC[C@@H]1CC(=O)[C@H]([C@@H](C)O)NC(=O)[C@@H](CC(=O)[C@H](C)NC(=O)CN(C)C(=O)CCN)CSCCC(=O)n2c(=O)n3c(=O)n(c2=O)C(=O)CCSC[C@H](NC1=O)C(=O)N[C@@H](Cc1c[nH]c2ccccc12)C(=O)N[C@@H](C(C)C)C(=O)N[C@@H](CC(=O)O)C(=O)NCC(=O)N[C@@H](Cc1c[nH]c2ccccc12)C(=O)N[C@@H](C(C)C)C(=O)N1CCC[C@H]1C(=O)N[C@H](C(N)=O)CSCCC3=O.O=C=O. The highest BCUT2D eigenvalue weighted by molar-refractivity contribution is 7.99. The minimum absolute atomic E-state index is 0.0278. The van der Waals surface area contributed by atoms with E-state index in [9.17, 15) is 106 Å². The maximum absolute atomic E-state index is 15.3. The summed E-state index contributed by atoms with van der Waals surface area (Å²) < 4.78 is -0.470. The number of carboxylic acids is 1. The first-order valence-electron chi connectivity index (χ1n) is 42.5. The van der Waals surface area contributed by atoms with E-state index in [1.165, 1.54) is 45.8 Å². The number of hydrogen-bond donors (Lipinski definition) is 16. The Hall–Kier alpha value is -12.8. The number of aromatic nitrogens is 5. The highest BCUT2D eigenvalue weighted by Crippen LogP contribution is 2.26. The van der Waals surface area contributed by atoms with Crippen molar-refractivity contribution in [3.63, 3.8) is 0 Å². The Bertz CT molecular complexity index is 5380. The molecular weight excluding hydrogens is 1790 g/mol. The predicted octanol–water partition coefficient (Wildman–Crippen LogP) is -4.13. The summed E-state index contributed by atoms with van der Waals surface area (Å²) in [7, 11) is 1.32. The lowest BCUT2D eigenvalue weighted by molar-refractivity contribution is -0.192. The van der Waals surface area contributed by atoms with Crippen LogP contribution in [0.15, 0.2) is 75.3 Å². The monoisotopic (exact) mass is 1900 g/mol. The van der Waals surface area contributed by atoms with Crippen LogP contribution in [-0.4, -0.2) is 296 Å². The molecule has 5 aromatic rings. The number of aliphatic hydroxyl groups is 1. The highest BCUT2D eigenvalue weighted by atomic mass is 32.2. The lowest BCUT2D eigenvalue weighted by Crippen LogP contribution is -2.61. The van der Waals surface area contributed by atoms with Crippen molar-refractivity contribution in [2.24, 2.45) is 35.1 Å². The van der Waals surface area contributed by atoms with E-state index in [0.717, 1.165) is 35.3 Å². The van der Waals surface area contributed by atoms with E-state index in [1.807, 2.05) is 0 Å². The summed E-state index contributed by atoms with van der Waals surface area (Å²) in [6.45, 7) is 8.46. The number of amides is 13. The number of benzene rings is 2. The van der Waals surface area contributed by atoms with Gasteiger partial charge in [-0.1, -0.05) is 71.0 Å². The first kappa shape index (κ1) is 106. The molecule has 6 heterocycles. The van der Waals surface area contributed by atoms with Gasteiger partial charge in [-0.25, -0.2) is 14.4 Å². The van der Waals surface area contributed by atoms with Gasteiger partial charge in [-0.05, 0) is 68.2 Å². The molecule has 0 spiro atoms. The van der Waals surface area contributed by atoms with Crippen molar-refractivity contribution >= 4 is 175 Å². The quantitative estimate of drug-likeness (QED) is 0.0373. The van der Waals surface area contributed by atoms with E-state index in [4.69, 9.17) is 21.1 Å². The number of hydrogen-bond acceptors (Lipinski definition) is 29. The topological polar surface area (TPSA) is 675 Å². The summed E-state index contributed by atoms with van der Waals surface area (Å²) in [6, 6.07) is -2.57. The number of rotatable bonds is 19. The number of thioether (sulfide) groups is 3. The Morgan fingerprint density at radius 3 is 1.58 bits per heavy atom. The smallest absolute Gasteiger partial charge is 0.373 e. The third-order valence-corrected chi connectivity index (χ3v) is 25.2. The molecule has 0 radical (unpaired) electrons. The van der Waals surface area contributed by atoms with Gasteiger partial charge in [-0.3, -0.25) is 91.1 Å². The molecule has 716 valence electrons. The highest BCUT2D eigenvalue weighted by Gasteiger charge is 2.43. The predicted molar refractivity (Wildman–Crippen MR) is 477 cm³/mol. The lowest BCUT2D eigenvalue weighted by Gasteiger charge is -2.32. The van der Waals surface area contributed by atoms with Crippen LogP contribution in [0.2, 0.25) is 0 Å². The van der Waals surface area contributed by atoms with Gasteiger partial charge in [-0.15, -0.1) is 0 Å². The molecule has 13 amide bonds. The standard InChI is InChI=1S/C83H111N19O24S3.CO2/c1-9-45-31-60(105)70(44(7)103)97-73(116)48(32-59(104)43(6)89-62(107)37-98(8)63(108)20-24-84)38-127-26-21-64(109)100-81(124)101-65(110)22-27-128-39-56(71(85)114)93-78(121)58-19-14-25-99(58)80(123)69(42(4)5)96-75(118)53(29-46-34-86-51-17-12-10-15-49(46)51)90-61(106)36-88-74(117)55(33-67(112)113)92-79(122)68(41(2)3)95-76(119)54(30-47-35-87-52-18-13-11-16-50(47)52)91-77(120)57(94-72(45)115)40-129-28-23-66(111)102(82(100)125)83(101)126;2-1-3/h10-13,15-18,34-35,41-45,48,53-58,68-70,86-87,103H,9,14,19-33,36-40,84H2,1-8H3,(H2,85,114)(H,88,117)(H,89,107)(H,90,106)(H,91,120)(H,92,122)(H,93,121)(H,94,115)(H,95,119)(H,96,118)(H,97,116)(H,112,113);/t43-,44+,45+,48-,53-,54-,55-,56-,57-,58-,68-,69-,70-;/m0./s1. The molecule has 0 aliphatic carbocycles. The van der Waals surface area contributed by atoms with Gasteiger partial charge in [-0.2, -0.15) is 58.6 Å². The molecule has 4 bridgehead atoms. The molecule has 3 aliphatic heterocycles. The van der Waals surface area contributed by atoms with Crippen LogP contribution in [-0.2, 0) is 99.1 Å². The van der Waals surface area contributed by atoms with E-state index in [-0.39, 0.29) is 65.0 Å². The molecular formula is C84H111N19O26S3. The number of aromatic amines is 2. The van der Waals surface area contributed by atoms with Crippen LogP contribution in [0.5, 0.6) is 0 Å². The Labute approximate surface area is 767 Å². The summed E-state index contributed by atoms with van der Waals surface area (Å²) in [5.74, 6) is -27.9. The zero-order valence-electron chi connectivity index (χ0n) is 73.8. The van der Waals surface area contributed by atoms with Gasteiger partial charge in [0.25, 0.3) is 0 Å². The molecule has 48 heteroatoms. The van der Waals surface area contributed by atoms with Crippen molar-refractivity contribution < 1.29 is 111 Å². The normalized spacial score (nSPS) is 23.1. The number of nitrogens with two attached hydrogens (primary N) is 2. The van der Waals surface area contributed by atoms with Gasteiger partial charge in [0.2, 0.25) is 94.5 Å². The number of nitrogens with one attached hydrogen (secondary N) is 12. The molecule has 8 rings (SSSR count). The van der Waals surface area contributed by atoms with Crippen molar-refractivity contribution in [2.45, 2.75) is 192 Å². The first-order valence-corrected chi connectivity index (χ1v) is 45.9. The van der Waals surface area contributed by atoms with Gasteiger partial charge in [0, 0.05) is 146 Å². The molecule has 1 saturated heterocycles. The Kier molecular flexibility index (Phi) is 40.7. The molecule has 0 saturated carbocycles. The van der Waals surface area contributed by atoms with Gasteiger partial charge in [0.1, 0.15) is 54.4 Å². The van der Waals surface area contributed by atoms with E-state index < -0.39 is 312 Å². The average molecular weight is 1900 g/mol. The molecule has 132 heavy (non-hydrogen) atoms. The number of nitrogens with zero attached hydrogens (tertiary/aromatic N) is 5. The molecule has 2 aromatic carbocycles. The van der Waals surface area contributed by atoms with Crippen LogP contribution >= 0.6 is 35.3 Å². The number of aliphatic hydroxyl groups excluding tert-OH is 1. The molecule has 3 aromatic heterocycles. The van der Waals surface area contributed by atoms with Crippen LogP contribution < -0.4 is 81.7 Å². The third kappa shape index (κ3) is 29.4. The fraction of sp³-hybridized carbons (Fsp3) is 0.536. The van der Waals surface area contributed by atoms with E-state index in [2.05, 4.69) is 63.1 Å². The second-order valence-electron chi connectivity index (χ2n) is 32.4. The zero-order chi connectivity index (χ0) is 97.7.